The van der Waals surface area contributed by atoms with Crippen LogP contribution in [0.15, 0.2) is 36.4 Å². The highest BCUT2D eigenvalue weighted by Crippen LogP contribution is 2.35. The molecule has 29 heavy (non-hydrogen) atoms. The summed E-state index contributed by atoms with van der Waals surface area (Å²) in [5.74, 6) is 2.10. The summed E-state index contributed by atoms with van der Waals surface area (Å²) in [5, 5.41) is 0. The van der Waals surface area contributed by atoms with E-state index in [2.05, 4.69) is 41.9 Å². The lowest BCUT2D eigenvalue weighted by molar-refractivity contribution is 0.170. The Kier molecular flexibility index (Phi) is 5.89. The predicted molar refractivity (Wildman–Crippen MR) is 109 cm³/mol. The third-order valence-corrected chi connectivity index (χ3v) is 5.87. The average Bonchev–Trinajstić information content (AvgIpc) is 3.20. The van der Waals surface area contributed by atoms with Crippen molar-refractivity contribution in [1.29, 1.82) is 0 Å². The highest BCUT2D eigenvalue weighted by atomic mass is 19.1. The van der Waals surface area contributed by atoms with Crippen LogP contribution in [0.3, 0.4) is 0 Å². The molecule has 7 heteroatoms. The molecular formula is C22H28FN3O3. The smallest absolute Gasteiger partial charge is 0.161 e. The Hall–Kier alpha value is -2.35. The normalized spacial score (nSPS) is 22.0. The third-order valence-electron chi connectivity index (χ3n) is 5.87. The summed E-state index contributed by atoms with van der Waals surface area (Å²) in [4.78, 5) is 2.29. The monoisotopic (exact) mass is 401 g/mol. The van der Waals surface area contributed by atoms with Crippen LogP contribution in [0.25, 0.3) is 0 Å². The molecule has 156 valence electrons. The maximum atomic E-state index is 14.6. The minimum Gasteiger partial charge on any atom is -0.497 e. The zero-order valence-corrected chi connectivity index (χ0v) is 17.1. The van der Waals surface area contributed by atoms with E-state index >= 15 is 0 Å². The number of halogens is 1. The van der Waals surface area contributed by atoms with Crippen LogP contribution in [0.4, 0.5) is 4.39 Å². The number of fused-ring (bicyclic) bond motifs is 1. The van der Waals surface area contributed by atoms with Crippen LogP contribution in [0.5, 0.6) is 17.2 Å². The van der Waals surface area contributed by atoms with E-state index in [4.69, 9.17) is 14.2 Å². The zero-order valence-electron chi connectivity index (χ0n) is 17.1. The molecule has 2 aromatic carbocycles. The summed E-state index contributed by atoms with van der Waals surface area (Å²) >= 11 is 0. The van der Waals surface area contributed by atoms with Gasteiger partial charge in [-0.1, -0.05) is 12.1 Å². The molecule has 1 saturated heterocycles. The Balaban J connectivity index is 1.46. The molecule has 0 radical (unpaired) electrons. The molecule has 3 atom stereocenters. The van der Waals surface area contributed by atoms with Crippen molar-refractivity contribution in [3.63, 3.8) is 0 Å². The Morgan fingerprint density at radius 1 is 1.17 bits per heavy atom. The van der Waals surface area contributed by atoms with Crippen LogP contribution in [-0.2, 0) is 0 Å². The molecule has 2 aromatic rings. The Morgan fingerprint density at radius 3 is 2.72 bits per heavy atom. The van der Waals surface area contributed by atoms with Crippen molar-refractivity contribution in [1.82, 2.24) is 15.8 Å². The fourth-order valence-corrected chi connectivity index (χ4v) is 4.03. The lowest BCUT2D eigenvalue weighted by Gasteiger charge is -2.30. The molecule has 0 saturated carbocycles. The standard InChI is InChI=1S/C22H28FN3O3/c1-14(15-4-7-20-21(10-15)29-9-8-28-20)26(2)13-16-12-24-25-22(16)18-6-5-17(27-3)11-19(18)23/h4-7,10-11,14,16,22,24-25H,8-9,12-13H2,1-3H3. The van der Waals surface area contributed by atoms with E-state index in [1.807, 2.05) is 6.07 Å². The lowest BCUT2D eigenvalue weighted by Crippen LogP contribution is -2.32. The van der Waals surface area contributed by atoms with Gasteiger partial charge >= 0.3 is 0 Å². The molecule has 2 N–H and O–H groups in total. The number of hydrazine groups is 1. The van der Waals surface area contributed by atoms with Crippen LogP contribution in [0.2, 0.25) is 0 Å². The van der Waals surface area contributed by atoms with Crippen molar-refractivity contribution in [2.24, 2.45) is 5.92 Å². The van der Waals surface area contributed by atoms with Gasteiger partial charge in [0.2, 0.25) is 0 Å². The molecule has 0 amide bonds. The van der Waals surface area contributed by atoms with Gasteiger partial charge < -0.3 is 14.2 Å². The van der Waals surface area contributed by atoms with Gasteiger partial charge in [-0.15, -0.1) is 0 Å². The van der Waals surface area contributed by atoms with Gasteiger partial charge in [0.05, 0.1) is 13.2 Å². The van der Waals surface area contributed by atoms with Crippen LogP contribution < -0.4 is 25.1 Å². The maximum absolute atomic E-state index is 14.6. The van der Waals surface area contributed by atoms with Crippen molar-refractivity contribution in [2.75, 3.05) is 40.5 Å². The highest BCUT2D eigenvalue weighted by Gasteiger charge is 2.32. The maximum Gasteiger partial charge on any atom is 0.161 e. The Morgan fingerprint density at radius 2 is 1.97 bits per heavy atom. The third kappa shape index (κ3) is 4.17. The fourth-order valence-electron chi connectivity index (χ4n) is 4.03. The van der Waals surface area contributed by atoms with Crippen LogP contribution >= 0.6 is 0 Å². The van der Waals surface area contributed by atoms with Crippen LogP contribution in [0.1, 0.15) is 30.1 Å². The fraction of sp³-hybridized carbons (Fsp3) is 0.455. The van der Waals surface area contributed by atoms with Crippen molar-refractivity contribution in [3.05, 3.63) is 53.3 Å². The molecular weight excluding hydrogens is 373 g/mol. The summed E-state index contributed by atoms with van der Waals surface area (Å²) in [6.45, 7) is 4.92. The first-order valence-electron chi connectivity index (χ1n) is 9.98. The second-order valence-corrected chi connectivity index (χ2v) is 7.67. The summed E-state index contributed by atoms with van der Waals surface area (Å²) in [6.07, 6.45) is 0. The van der Waals surface area contributed by atoms with Crippen molar-refractivity contribution >= 4 is 0 Å². The van der Waals surface area contributed by atoms with E-state index in [9.17, 15) is 4.39 Å². The van der Waals surface area contributed by atoms with E-state index in [-0.39, 0.29) is 23.8 Å². The molecule has 4 rings (SSSR count). The Labute approximate surface area is 170 Å². The molecule has 2 aliphatic rings. The second kappa shape index (κ2) is 8.57. The number of benzene rings is 2. The largest absolute Gasteiger partial charge is 0.497 e. The van der Waals surface area contributed by atoms with Crippen LogP contribution in [0, 0.1) is 11.7 Å². The van der Waals surface area contributed by atoms with Gasteiger partial charge in [0.15, 0.2) is 11.5 Å². The van der Waals surface area contributed by atoms with Crippen molar-refractivity contribution < 1.29 is 18.6 Å². The van der Waals surface area contributed by atoms with E-state index in [1.54, 1.807) is 19.2 Å². The molecule has 0 aliphatic carbocycles. The quantitative estimate of drug-likeness (QED) is 0.776. The van der Waals surface area contributed by atoms with Crippen molar-refractivity contribution in [3.8, 4) is 17.2 Å². The molecule has 0 spiro atoms. The number of hydrogen-bond donors (Lipinski definition) is 2. The SMILES string of the molecule is COc1ccc(C2NNCC2CN(C)C(C)c2ccc3c(c2)OCCO3)c(F)c1. The van der Waals surface area contributed by atoms with Gasteiger partial charge in [-0.05, 0) is 37.7 Å². The highest BCUT2D eigenvalue weighted by molar-refractivity contribution is 5.44. The first-order chi connectivity index (χ1) is 14.1. The number of rotatable bonds is 6. The van der Waals surface area contributed by atoms with Gasteiger partial charge in [0, 0.05) is 36.7 Å². The Bertz CT molecular complexity index is 863. The zero-order chi connectivity index (χ0) is 20.4. The minimum absolute atomic E-state index is 0.101. The van der Waals surface area contributed by atoms with Crippen molar-refractivity contribution in [2.45, 2.75) is 19.0 Å². The topological polar surface area (TPSA) is 55.0 Å². The first kappa shape index (κ1) is 19.9. The number of ether oxygens (including phenoxy) is 3. The lowest BCUT2D eigenvalue weighted by atomic mass is 9.93. The summed E-state index contributed by atoms with van der Waals surface area (Å²) in [6, 6.07) is 11.2. The van der Waals surface area contributed by atoms with Gasteiger partial charge in [-0.2, -0.15) is 0 Å². The van der Waals surface area contributed by atoms with E-state index in [1.165, 1.54) is 11.6 Å². The summed E-state index contributed by atoms with van der Waals surface area (Å²) in [7, 11) is 3.64. The minimum atomic E-state index is -0.252. The summed E-state index contributed by atoms with van der Waals surface area (Å²) < 4.78 is 31.1. The van der Waals surface area contributed by atoms with Gasteiger partial charge in [0.25, 0.3) is 0 Å². The molecule has 0 aromatic heterocycles. The van der Waals surface area contributed by atoms with Crippen LogP contribution in [-0.4, -0.2) is 45.4 Å². The number of hydrogen-bond acceptors (Lipinski definition) is 6. The summed E-state index contributed by atoms with van der Waals surface area (Å²) in [5.41, 5.74) is 8.25. The molecule has 2 heterocycles. The number of nitrogens with one attached hydrogen (secondary N) is 2. The first-order valence-corrected chi connectivity index (χ1v) is 9.98. The predicted octanol–water partition coefficient (Wildman–Crippen LogP) is 3.06. The van der Waals surface area contributed by atoms with Gasteiger partial charge in [-0.25, -0.2) is 9.82 Å². The molecule has 0 bridgehead atoms. The number of methoxy groups -OCH3 is 1. The molecule has 2 aliphatic heterocycles. The molecule has 6 nitrogen and oxygen atoms in total. The second-order valence-electron chi connectivity index (χ2n) is 7.67. The van der Waals surface area contributed by atoms with E-state index in [0.717, 1.165) is 24.6 Å². The number of nitrogens with zero attached hydrogens (tertiary/aromatic N) is 1. The molecule has 3 unspecified atom stereocenters. The average molecular weight is 401 g/mol. The van der Waals surface area contributed by atoms with E-state index in [0.29, 0.717) is 24.5 Å². The van der Waals surface area contributed by atoms with E-state index < -0.39 is 0 Å². The van der Waals surface area contributed by atoms with Gasteiger partial charge in [0.1, 0.15) is 24.8 Å². The molecule has 1 fully saturated rings. The van der Waals surface area contributed by atoms with Gasteiger partial charge in [-0.3, -0.25) is 10.3 Å².